The molecule has 1 fully saturated rings. The fourth-order valence-electron chi connectivity index (χ4n) is 5.26. The summed E-state index contributed by atoms with van der Waals surface area (Å²) in [6, 6.07) is 13.7. The molecule has 0 atom stereocenters. The van der Waals surface area contributed by atoms with Crippen molar-refractivity contribution < 1.29 is 22.3 Å². The van der Waals surface area contributed by atoms with Crippen LogP contribution in [0.25, 0.3) is 10.8 Å². The van der Waals surface area contributed by atoms with E-state index in [1.807, 2.05) is 12.1 Å². The molecule has 0 unspecified atom stereocenters. The van der Waals surface area contributed by atoms with Crippen LogP contribution in [0.3, 0.4) is 0 Å². The summed E-state index contributed by atoms with van der Waals surface area (Å²) in [7, 11) is 0. The first-order valence-electron chi connectivity index (χ1n) is 12.5. The quantitative estimate of drug-likeness (QED) is 0.217. The summed E-state index contributed by atoms with van der Waals surface area (Å²) >= 11 is 0. The zero-order valence-electron chi connectivity index (χ0n) is 20.1. The van der Waals surface area contributed by atoms with E-state index in [4.69, 9.17) is 0 Å². The molecular formula is C30H32F4O. The fraction of sp³-hybridized carbons (Fsp3) is 0.400. The molecule has 0 radical (unpaired) electrons. The van der Waals surface area contributed by atoms with Crippen LogP contribution >= 0.6 is 0 Å². The van der Waals surface area contributed by atoms with Gasteiger partial charge < -0.3 is 4.74 Å². The minimum absolute atomic E-state index is 0.250. The monoisotopic (exact) mass is 484 g/mol. The van der Waals surface area contributed by atoms with Crippen molar-refractivity contribution in [2.75, 3.05) is 0 Å². The van der Waals surface area contributed by atoms with Gasteiger partial charge in [0.1, 0.15) is 5.82 Å². The Morgan fingerprint density at radius 1 is 0.943 bits per heavy atom. The molecular weight excluding hydrogens is 452 g/mol. The smallest absolute Gasteiger partial charge is 0.387 e. The van der Waals surface area contributed by atoms with Gasteiger partial charge in [0.15, 0.2) is 11.6 Å². The summed E-state index contributed by atoms with van der Waals surface area (Å²) in [5, 5.41) is 1.50. The Morgan fingerprint density at radius 3 is 2.46 bits per heavy atom. The summed E-state index contributed by atoms with van der Waals surface area (Å²) in [5.41, 5.74) is 2.44. The Kier molecular flexibility index (Phi) is 8.48. The largest absolute Gasteiger partial charge is 0.432 e. The number of benzene rings is 3. The van der Waals surface area contributed by atoms with Crippen LogP contribution in [0, 0.1) is 17.6 Å². The average molecular weight is 485 g/mol. The first-order chi connectivity index (χ1) is 16.9. The molecule has 3 aromatic rings. The molecule has 0 heterocycles. The van der Waals surface area contributed by atoms with Gasteiger partial charge in [0.2, 0.25) is 0 Å². The molecule has 186 valence electrons. The number of alkyl halides is 2. The zero-order valence-corrected chi connectivity index (χ0v) is 20.1. The summed E-state index contributed by atoms with van der Waals surface area (Å²) in [5.74, 6) is -0.240. The molecule has 0 saturated heterocycles. The topological polar surface area (TPSA) is 9.23 Å². The minimum atomic E-state index is -3.08. The van der Waals surface area contributed by atoms with Gasteiger partial charge in [-0.2, -0.15) is 8.78 Å². The van der Waals surface area contributed by atoms with Gasteiger partial charge in [0.25, 0.3) is 0 Å². The van der Waals surface area contributed by atoms with E-state index >= 15 is 4.39 Å². The Hall–Kier alpha value is -2.82. The van der Waals surface area contributed by atoms with Crippen molar-refractivity contribution in [2.45, 2.75) is 70.8 Å². The fourth-order valence-corrected chi connectivity index (χ4v) is 5.26. The highest BCUT2D eigenvalue weighted by Gasteiger charge is 2.22. The first-order valence-corrected chi connectivity index (χ1v) is 12.5. The molecule has 1 saturated carbocycles. The van der Waals surface area contributed by atoms with E-state index in [0.717, 1.165) is 23.8 Å². The van der Waals surface area contributed by atoms with Crippen LogP contribution in [0.5, 0.6) is 5.75 Å². The number of hydrogen-bond acceptors (Lipinski definition) is 1. The highest BCUT2D eigenvalue weighted by molar-refractivity contribution is 5.84. The molecule has 1 aliphatic carbocycles. The maximum absolute atomic E-state index is 15.2. The summed E-state index contributed by atoms with van der Waals surface area (Å²) < 4.78 is 58.0. The van der Waals surface area contributed by atoms with Crippen molar-refractivity contribution >= 4 is 10.8 Å². The van der Waals surface area contributed by atoms with Crippen LogP contribution in [-0.2, 0) is 12.8 Å². The van der Waals surface area contributed by atoms with Gasteiger partial charge in [-0.05, 0) is 104 Å². The van der Waals surface area contributed by atoms with Crippen molar-refractivity contribution in [2.24, 2.45) is 5.92 Å². The van der Waals surface area contributed by atoms with Crippen LogP contribution in [0.15, 0.2) is 60.7 Å². The predicted molar refractivity (Wildman–Crippen MR) is 133 cm³/mol. The first kappa shape index (κ1) is 25.3. The maximum atomic E-state index is 15.2. The van der Waals surface area contributed by atoms with Gasteiger partial charge in [0.05, 0.1) is 0 Å². The molecule has 35 heavy (non-hydrogen) atoms. The van der Waals surface area contributed by atoms with Crippen molar-refractivity contribution in [1.29, 1.82) is 0 Å². The third-order valence-corrected chi connectivity index (χ3v) is 7.25. The third-order valence-electron chi connectivity index (χ3n) is 7.25. The average Bonchev–Trinajstić information content (AvgIpc) is 2.85. The van der Waals surface area contributed by atoms with Crippen molar-refractivity contribution in [3.8, 4) is 5.75 Å². The molecule has 3 aromatic carbocycles. The highest BCUT2D eigenvalue weighted by atomic mass is 19.3. The van der Waals surface area contributed by atoms with Crippen LogP contribution in [0.1, 0.15) is 68.1 Å². The highest BCUT2D eigenvalue weighted by Crippen LogP contribution is 2.38. The van der Waals surface area contributed by atoms with E-state index in [9.17, 15) is 13.2 Å². The number of halogens is 4. The Balaban J connectivity index is 1.40. The van der Waals surface area contributed by atoms with Crippen LogP contribution in [0.2, 0.25) is 0 Å². The van der Waals surface area contributed by atoms with E-state index in [2.05, 4.69) is 35.9 Å². The number of allylic oxidation sites excluding steroid dienone is 2. The van der Waals surface area contributed by atoms with Gasteiger partial charge in [-0.25, -0.2) is 8.78 Å². The number of aryl methyl sites for hydroxylation is 2. The SMILES string of the molecule is C/C=C/CCC1CCC(c2ccc3c(F)c(CCc4ccc(OC(F)F)c(F)c4)ccc3c2)CC1. The Labute approximate surface area is 204 Å². The van der Waals surface area contributed by atoms with E-state index in [0.29, 0.717) is 35.3 Å². The predicted octanol–water partition coefficient (Wildman–Crippen LogP) is 9.13. The summed E-state index contributed by atoms with van der Waals surface area (Å²) in [6.45, 7) is -1.01. The van der Waals surface area contributed by atoms with Crippen molar-refractivity contribution in [1.82, 2.24) is 0 Å². The second kappa shape index (κ2) is 11.7. The zero-order chi connectivity index (χ0) is 24.8. The van der Waals surface area contributed by atoms with Gasteiger partial charge in [-0.1, -0.05) is 48.6 Å². The summed E-state index contributed by atoms with van der Waals surface area (Å²) in [4.78, 5) is 0. The molecule has 0 N–H and O–H groups in total. The number of ether oxygens (including phenoxy) is 1. The Bertz CT molecular complexity index is 1160. The lowest BCUT2D eigenvalue weighted by Crippen LogP contribution is -2.13. The molecule has 1 aliphatic rings. The van der Waals surface area contributed by atoms with Gasteiger partial charge in [0, 0.05) is 5.39 Å². The van der Waals surface area contributed by atoms with E-state index in [-0.39, 0.29) is 5.82 Å². The lowest BCUT2D eigenvalue weighted by molar-refractivity contribution is -0.0522. The van der Waals surface area contributed by atoms with Crippen molar-refractivity contribution in [3.05, 3.63) is 89.0 Å². The number of fused-ring (bicyclic) bond motifs is 1. The Morgan fingerprint density at radius 2 is 1.74 bits per heavy atom. The lowest BCUT2D eigenvalue weighted by Gasteiger charge is -2.29. The molecule has 5 heteroatoms. The standard InChI is InChI=1S/C30H32F4O/c1-2-3-4-5-20-6-10-22(11-7-20)24-15-16-26-25(19-24)14-13-23(29(26)32)12-8-21-9-17-28(27(31)18-21)35-30(33)34/h2-3,9,13-20,22,30H,4-8,10-12H2,1H3/b3-2+. The van der Waals surface area contributed by atoms with Crippen LogP contribution < -0.4 is 4.74 Å². The van der Waals surface area contributed by atoms with Gasteiger partial charge >= 0.3 is 6.61 Å². The molecule has 0 bridgehead atoms. The third kappa shape index (κ3) is 6.45. The molecule has 4 rings (SSSR count). The number of hydrogen-bond donors (Lipinski definition) is 0. The van der Waals surface area contributed by atoms with E-state index in [1.165, 1.54) is 49.8 Å². The molecule has 0 amide bonds. The molecule has 0 spiro atoms. The second-order valence-corrected chi connectivity index (χ2v) is 9.53. The van der Waals surface area contributed by atoms with Crippen molar-refractivity contribution in [3.63, 3.8) is 0 Å². The van der Waals surface area contributed by atoms with E-state index < -0.39 is 18.2 Å². The van der Waals surface area contributed by atoms with E-state index in [1.54, 1.807) is 6.07 Å². The minimum Gasteiger partial charge on any atom is -0.432 e. The van der Waals surface area contributed by atoms with Gasteiger partial charge in [-0.3, -0.25) is 0 Å². The molecule has 0 aromatic heterocycles. The maximum Gasteiger partial charge on any atom is 0.387 e. The lowest BCUT2D eigenvalue weighted by atomic mass is 9.77. The number of rotatable bonds is 9. The van der Waals surface area contributed by atoms with Crippen LogP contribution in [-0.4, -0.2) is 6.61 Å². The summed E-state index contributed by atoms with van der Waals surface area (Å²) in [6.07, 6.45) is 12.5. The van der Waals surface area contributed by atoms with Crippen LogP contribution in [0.4, 0.5) is 17.6 Å². The van der Waals surface area contributed by atoms with Gasteiger partial charge in [-0.15, -0.1) is 0 Å². The molecule has 1 nitrogen and oxygen atoms in total. The second-order valence-electron chi connectivity index (χ2n) is 9.53. The normalized spacial score (nSPS) is 18.6. The molecule has 0 aliphatic heterocycles.